The van der Waals surface area contributed by atoms with Gasteiger partial charge in [0.05, 0.1) is 37.6 Å². The summed E-state index contributed by atoms with van der Waals surface area (Å²) in [5.74, 6) is 1.51. The molecule has 192 valence electrons. The van der Waals surface area contributed by atoms with Gasteiger partial charge in [-0.2, -0.15) is 0 Å². The van der Waals surface area contributed by atoms with Crippen molar-refractivity contribution in [1.82, 2.24) is 4.57 Å². The Morgan fingerprint density at radius 3 is 2.38 bits per heavy atom. The average molecular weight is 584 g/mol. The van der Waals surface area contributed by atoms with Crippen molar-refractivity contribution in [1.29, 1.82) is 0 Å². The minimum Gasteiger partial charge on any atom is -0.493 e. The molecular weight excluding hydrogens is 556 g/mol. The van der Waals surface area contributed by atoms with Gasteiger partial charge in [0.25, 0.3) is 5.56 Å². The number of halogens is 1. The summed E-state index contributed by atoms with van der Waals surface area (Å²) in [5, 5.41) is 0. The van der Waals surface area contributed by atoms with Crippen LogP contribution in [0.3, 0.4) is 0 Å². The van der Waals surface area contributed by atoms with E-state index in [9.17, 15) is 9.59 Å². The first-order chi connectivity index (χ1) is 17.7. The molecule has 7 nitrogen and oxygen atoms in total. The molecular formula is C28H27BrN2O5S. The van der Waals surface area contributed by atoms with Crippen LogP contribution in [0.4, 0.5) is 0 Å². The third-order valence-electron chi connectivity index (χ3n) is 6.64. The molecule has 0 saturated carbocycles. The van der Waals surface area contributed by atoms with Crippen LogP contribution in [0.1, 0.15) is 43.9 Å². The number of hydrogen-bond donors (Lipinski definition) is 0. The van der Waals surface area contributed by atoms with Crippen molar-refractivity contribution in [2.24, 2.45) is 10.4 Å². The zero-order valence-electron chi connectivity index (χ0n) is 21.3. The Bertz CT molecular complexity index is 1610. The maximum absolute atomic E-state index is 13.9. The standard InChI is InChI=1S/C28H27BrN2O5S/c1-28(2)13-18-23(19(32)14-28)24(16-7-6-8-17(29)12-16)31-26(33)22(37-27(31)30-18)11-15-9-20(34-3)25(36-5)21(10-15)35-4/h6-12,24H,13-14H2,1-5H3. The van der Waals surface area contributed by atoms with E-state index in [2.05, 4.69) is 29.8 Å². The maximum Gasteiger partial charge on any atom is 0.271 e. The van der Waals surface area contributed by atoms with Crippen LogP contribution in [-0.4, -0.2) is 31.7 Å². The lowest BCUT2D eigenvalue weighted by molar-refractivity contribution is -0.118. The van der Waals surface area contributed by atoms with Gasteiger partial charge in [0.2, 0.25) is 5.75 Å². The highest BCUT2D eigenvalue weighted by Crippen LogP contribution is 2.43. The van der Waals surface area contributed by atoms with Crippen LogP contribution < -0.4 is 29.1 Å². The number of allylic oxidation sites excluding steroid dienone is 2. The van der Waals surface area contributed by atoms with E-state index in [4.69, 9.17) is 19.2 Å². The predicted molar refractivity (Wildman–Crippen MR) is 146 cm³/mol. The Morgan fingerprint density at radius 1 is 1.05 bits per heavy atom. The summed E-state index contributed by atoms with van der Waals surface area (Å²) in [7, 11) is 4.65. The quantitative estimate of drug-likeness (QED) is 0.445. The Balaban J connectivity index is 1.75. The van der Waals surface area contributed by atoms with E-state index in [1.807, 2.05) is 24.3 Å². The molecule has 1 aliphatic carbocycles. The van der Waals surface area contributed by atoms with Gasteiger partial charge in [0.1, 0.15) is 0 Å². The summed E-state index contributed by atoms with van der Waals surface area (Å²) in [4.78, 5) is 32.8. The number of nitrogens with zero attached hydrogens (tertiary/aromatic N) is 2. The van der Waals surface area contributed by atoms with E-state index in [0.29, 0.717) is 45.0 Å². The summed E-state index contributed by atoms with van der Waals surface area (Å²) in [6.07, 6.45) is 2.89. The van der Waals surface area contributed by atoms with Crippen molar-refractivity contribution < 1.29 is 19.0 Å². The molecule has 0 radical (unpaired) electrons. The van der Waals surface area contributed by atoms with Crippen LogP contribution in [0.5, 0.6) is 17.2 Å². The van der Waals surface area contributed by atoms with Crippen molar-refractivity contribution >= 4 is 39.1 Å². The first-order valence-corrected chi connectivity index (χ1v) is 13.4. The summed E-state index contributed by atoms with van der Waals surface area (Å²) in [5.41, 5.74) is 2.58. The maximum atomic E-state index is 13.9. The predicted octanol–water partition coefficient (Wildman–Crippen LogP) is 4.39. The normalized spacial score (nSPS) is 18.7. The lowest BCUT2D eigenvalue weighted by Crippen LogP contribution is -2.42. The van der Waals surface area contributed by atoms with Gasteiger partial charge in [-0.05, 0) is 53.3 Å². The molecule has 5 rings (SSSR count). The van der Waals surface area contributed by atoms with E-state index in [-0.39, 0.29) is 16.8 Å². The Kier molecular flexibility index (Phi) is 6.62. The number of fused-ring (bicyclic) bond motifs is 1. The van der Waals surface area contributed by atoms with Crippen LogP contribution in [0, 0.1) is 5.41 Å². The number of ketones is 1. The number of Topliss-reactive ketones (excluding diaryl/α,β-unsaturated/α-hetero) is 1. The van der Waals surface area contributed by atoms with Crippen molar-refractivity contribution in [3.63, 3.8) is 0 Å². The second-order valence-electron chi connectivity index (χ2n) is 9.90. The Hall–Kier alpha value is -3.17. The van der Waals surface area contributed by atoms with Crippen LogP contribution >= 0.6 is 27.3 Å². The molecule has 2 aliphatic rings. The summed E-state index contributed by atoms with van der Waals surface area (Å²) >= 11 is 4.86. The highest BCUT2D eigenvalue weighted by atomic mass is 79.9. The van der Waals surface area contributed by atoms with Crippen molar-refractivity contribution in [3.8, 4) is 17.2 Å². The van der Waals surface area contributed by atoms with E-state index >= 15 is 0 Å². The van der Waals surface area contributed by atoms with E-state index < -0.39 is 6.04 Å². The first-order valence-electron chi connectivity index (χ1n) is 11.8. The summed E-state index contributed by atoms with van der Waals surface area (Å²) < 4.78 is 19.4. The summed E-state index contributed by atoms with van der Waals surface area (Å²) in [6, 6.07) is 10.8. The molecule has 37 heavy (non-hydrogen) atoms. The number of thiazole rings is 1. The van der Waals surface area contributed by atoms with E-state index in [1.54, 1.807) is 44.1 Å². The van der Waals surface area contributed by atoms with Crippen molar-refractivity contribution in [3.05, 3.63) is 83.0 Å². The van der Waals surface area contributed by atoms with E-state index in [1.165, 1.54) is 11.3 Å². The number of benzene rings is 2. The zero-order chi connectivity index (χ0) is 26.5. The van der Waals surface area contributed by atoms with Gasteiger partial charge in [-0.3, -0.25) is 14.2 Å². The highest BCUT2D eigenvalue weighted by molar-refractivity contribution is 9.10. The monoisotopic (exact) mass is 582 g/mol. The molecule has 0 saturated heterocycles. The number of rotatable bonds is 5. The smallest absolute Gasteiger partial charge is 0.271 e. The lowest BCUT2D eigenvalue weighted by Gasteiger charge is -2.35. The van der Waals surface area contributed by atoms with Crippen LogP contribution in [0.25, 0.3) is 6.08 Å². The minimum absolute atomic E-state index is 0.0406. The van der Waals surface area contributed by atoms with Gasteiger partial charge < -0.3 is 14.2 Å². The zero-order valence-corrected chi connectivity index (χ0v) is 23.7. The van der Waals surface area contributed by atoms with Crippen LogP contribution in [0.15, 0.2) is 61.9 Å². The molecule has 9 heteroatoms. The number of methoxy groups -OCH3 is 3. The number of hydrogen-bond acceptors (Lipinski definition) is 7. The molecule has 0 spiro atoms. The number of ether oxygens (including phenoxy) is 3. The number of carbonyl (C=O) groups is 1. The molecule has 1 aromatic heterocycles. The van der Waals surface area contributed by atoms with E-state index in [0.717, 1.165) is 21.3 Å². The molecule has 0 N–H and O–H groups in total. The molecule has 2 heterocycles. The molecule has 3 aromatic rings. The lowest BCUT2D eigenvalue weighted by atomic mass is 9.73. The van der Waals surface area contributed by atoms with Crippen LogP contribution in [0.2, 0.25) is 0 Å². The molecule has 0 bridgehead atoms. The first kappa shape index (κ1) is 25.5. The number of carbonyl (C=O) groups excluding carboxylic acids is 1. The Morgan fingerprint density at radius 2 is 1.76 bits per heavy atom. The highest BCUT2D eigenvalue weighted by Gasteiger charge is 2.40. The fourth-order valence-corrected chi connectivity index (χ4v) is 6.51. The SMILES string of the molecule is COc1cc(C=c2sc3n(c2=O)C(c2cccc(Br)c2)C2=C(CC(C)(C)CC2=O)N=3)cc(OC)c1OC. The second kappa shape index (κ2) is 9.61. The van der Waals surface area contributed by atoms with Crippen LogP contribution in [-0.2, 0) is 4.79 Å². The van der Waals surface area contributed by atoms with Gasteiger partial charge in [0.15, 0.2) is 22.1 Å². The molecule has 0 fully saturated rings. The third-order valence-corrected chi connectivity index (χ3v) is 8.12. The number of aromatic nitrogens is 1. The fourth-order valence-electron chi connectivity index (χ4n) is 5.08. The topological polar surface area (TPSA) is 79.1 Å². The second-order valence-corrected chi connectivity index (χ2v) is 11.8. The molecule has 1 atom stereocenters. The largest absolute Gasteiger partial charge is 0.493 e. The van der Waals surface area contributed by atoms with Gasteiger partial charge in [-0.15, -0.1) is 0 Å². The van der Waals surface area contributed by atoms with Crippen molar-refractivity contribution in [2.75, 3.05) is 21.3 Å². The average Bonchev–Trinajstić information content (AvgIpc) is 3.15. The Labute approximate surface area is 226 Å². The van der Waals surface area contributed by atoms with Gasteiger partial charge in [0, 0.05) is 16.5 Å². The molecule has 0 amide bonds. The molecule has 2 aromatic carbocycles. The summed E-state index contributed by atoms with van der Waals surface area (Å²) in [6.45, 7) is 4.16. The van der Waals surface area contributed by atoms with Crippen molar-refractivity contribution in [2.45, 2.75) is 32.7 Å². The minimum atomic E-state index is -0.533. The van der Waals surface area contributed by atoms with Gasteiger partial charge in [-0.25, -0.2) is 4.99 Å². The van der Waals surface area contributed by atoms with Gasteiger partial charge in [-0.1, -0.05) is 53.2 Å². The molecule has 1 aliphatic heterocycles. The third kappa shape index (κ3) is 4.55. The fraction of sp³-hybridized carbons (Fsp3) is 0.321. The van der Waals surface area contributed by atoms with Gasteiger partial charge >= 0.3 is 0 Å². The molecule has 1 unspecified atom stereocenters.